The molecule has 2 N–H and O–H groups in total. The van der Waals surface area contributed by atoms with Gasteiger partial charge in [-0.2, -0.15) is 0 Å². The summed E-state index contributed by atoms with van der Waals surface area (Å²) in [6.45, 7) is 3.99. The van der Waals surface area contributed by atoms with Crippen LogP contribution < -0.4 is 85.5 Å². The van der Waals surface area contributed by atoms with Gasteiger partial charge in [-0.05, 0) is 42.7 Å². The van der Waals surface area contributed by atoms with E-state index >= 15 is 0 Å². The minimum atomic E-state index is -1.34. The van der Waals surface area contributed by atoms with Gasteiger partial charge in [-0.25, -0.2) is 4.79 Å². The molecule has 0 aliphatic carbocycles. The fourth-order valence-electron chi connectivity index (χ4n) is 3.30. The zero-order valence-electron chi connectivity index (χ0n) is 19.2. The van der Waals surface area contributed by atoms with E-state index in [-0.39, 0.29) is 59.1 Å². The molecule has 0 bridgehead atoms. The predicted octanol–water partition coefficient (Wildman–Crippen LogP) is -4.18. The van der Waals surface area contributed by atoms with Crippen molar-refractivity contribution in [1.29, 1.82) is 0 Å². The maximum absolute atomic E-state index is 12.5. The second-order valence-corrected chi connectivity index (χ2v) is 8.28. The SMILES string of the molecule is Cc1cccc(C)c1-c1ccc([C@H](CC(=O)[O-])NC(=O)Nc2c([O-])ccn(C)c2=O)s1.[Na+].[Na+]. The first-order valence-electron chi connectivity index (χ1n) is 9.47. The minimum Gasteiger partial charge on any atom is -0.871 e. The number of aryl methyl sites for hydroxylation is 3. The van der Waals surface area contributed by atoms with Gasteiger partial charge < -0.3 is 30.2 Å². The standard InChI is InChI=1S/C22H23N3O5S.2Na/c1-12-5-4-6-13(2)19(12)17-8-7-16(31-17)14(11-18(27)28)23-22(30)24-20-15(26)9-10-25(3)21(20)29;;/h4-10,14,26H,11H2,1-3H3,(H,27,28)(H2,23,24,30);;/q;2*+1/p-2/t14-;;/m0../s1. The maximum Gasteiger partial charge on any atom is 1.00 e. The van der Waals surface area contributed by atoms with Crippen LogP contribution in [0.15, 0.2) is 47.4 Å². The summed E-state index contributed by atoms with van der Waals surface area (Å²) in [7, 11) is 1.45. The zero-order valence-corrected chi connectivity index (χ0v) is 24.0. The molecule has 0 aliphatic heterocycles. The van der Waals surface area contributed by atoms with E-state index in [1.165, 1.54) is 24.6 Å². The maximum atomic E-state index is 12.5. The van der Waals surface area contributed by atoms with E-state index in [4.69, 9.17) is 0 Å². The second-order valence-electron chi connectivity index (χ2n) is 7.17. The van der Waals surface area contributed by atoms with Crippen molar-refractivity contribution >= 4 is 29.0 Å². The Labute approximate surface area is 239 Å². The van der Waals surface area contributed by atoms with Crippen molar-refractivity contribution in [3.05, 3.63) is 69.0 Å². The Bertz CT molecular complexity index is 1190. The predicted molar refractivity (Wildman–Crippen MR) is 115 cm³/mol. The van der Waals surface area contributed by atoms with Crippen molar-refractivity contribution in [2.75, 3.05) is 5.32 Å². The molecule has 162 valence electrons. The average Bonchev–Trinajstić information content (AvgIpc) is 3.17. The summed E-state index contributed by atoms with van der Waals surface area (Å²) < 4.78 is 1.16. The Morgan fingerprint density at radius 2 is 1.73 bits per heavy atom. The number of amides is 2. The van der Waals surface area contributed by atoms with Gasteiger partial charge in [-0.3, -0.25) is 4.79 Å². The normalized spacial score (nSPS) is 11.0. The molecule has 0 spiro atoms. The molecular formula is C22H21N3Na2O5S. The number of rotatable bonds is 6. The van der Waals surface area contributed by atoms with Gasteiger partial charge >= 0.3 is 65.1 Å². The number of carboxylic acid groups (broad SMARTS) is 1. The molecule has 0 saturated heterocycles. The van der Waals surface area contributed by atoms with Crippen LogP contribution in [-0.2, 0) is 11.8 Å². The van der Waals surface area contributed by atoms with Crippen LogP contribution in [0.5, 0.6) is 5.75 Å². The van der Waals surface area contributed by atoms with E-state index in [0.29, 0.717) is 4.88 Å². The number of carbonyl (C=O) groups is 2. The van der Waals surface area contributed by atoms with E-state index in [0.717, 1.165) is 32.2 Å². The van der Waals surface area contributed by atoms with E-state index in [2.05, 4.69) is 10.6 Å². The number of nitrogens with zero attached hydrogens (tertiary/aromatic N) is 1. The summed E-state index contributed by atoms with van der Waals surface area (Å²) in [6.07, 6.45) is 0.838. The molecule has 2 amide bonds. The van der Waals surface area contributed by atoms with E-state index in [9.17, 15) is 24.6 Å². The van der Waals surface area contributed by atoms with Crippen molar-refractivity contribution in [2.24, 2.45) is 7.05 Å². The zero-order chi connectivity index (χ0) is 22.7. The van der Waals surface area contributed by atoms with Gasteiger partial charge in [0.05, 0.1) is 6.04 Å². The Morgan fingerprint density at radius 1 is 1.09 bits per heavy atom. The number of aromatic nitrogens is 1. The van der Waals surface area contributed by atoms with E-state index in [1.807, 2.05) is 38.1 Å². The fourth-order valence-corrected chi connectivity index (χ4v) is 4.54. The Balaban J connectivity index is 0.00000272. The van der Waals surface area contributed by atoms with Crippen LogP contribution in [0.25, 0.3) is 10.4 Å². The first-order valence-corrected chi connectivity index (χ1v) is 10.3. The molecule has 1 aromatic carbocycles. The quantitative estimate of drug-likeness (QED) is 0.343. The molecule has 0 unspecified atom stereocenters. The van der Waals surface area contributed by atoms with Gasteiger partial charge in [0.2, 0.25) is 0 Å². The Kier molecular flexibility index (Phi) is 11.4. The van der Waals surface area contributed by atoms with Crippen LogP contribution in [0.2, 0.25) is 0 Å². The van der Waals surface area contributed by atoms with Crippen molar-refractivity contribution in [2.45, 2.75) is 26.3 Å². The number of urea groups is 1. The molecule has 0 aliphatic rings. The van der Waals surface area contributed by atoms with Gasteiger partial charge in [0.25, 0.3) is 5.56 Å². The number of carboxylic acids is 1. The topological polar surface area (TPSA) is 126 Å². The number of benzene rings is 1. The van der Waals surface area contributed by atoms with E-state index < -0.39 is 41.5 Å². The number of anilines is 1. The summed E-state index contributed by atoms with van der Waals surface area (Å²) in [5.74, 6) is -1.98. The molecular weight excluding hydrogens is 464 g/mol. The van der Waals surface area contributed by atoms with Crippen LogP contribution in [0.1, 0.15) is 28.5 Å². The molecule has 3 rings (SSSR count). The van der Waals surface area contributed by atoms with Gasteiger partial charge in [0, 0.05) is 35.4 Å². The molecule has 11 heteroatoms. The third kappa shape index (κ3) is 7.19. The molecule has 8 nitrogen and oxygen atoms in total. The van der Waals surface area contributed by atoms with Crippen molar-refractivity contribution < 1.29 is 78.9 Å². The number of hydrogen-bond acceptors (Lipinski definition) is 6. The van der Waals surface area contributed by atoms with E-state index in [1.54, 1.807) is 6.07 Å². The summed E-state index contributed by atoms with van der Waals surface area (Å²) in [5.41, 5.74) is 2.15. The van der Waals surface area contributed by atoms with Crippen LogP contribution in [0.3, 0.4) is 0 Å². The molecule has 3 aromatic rings. The molecule has 0 saturated carbocycles. The summed E-state index contributed by atoms with van der Waals surface area (Å²) in [5, 5.41) is 28.0. The number of hydrogen-bond donors (Lipinski definition) is 2. The summed E-state index contributed by atoms with van der Waals surface area (Å²) >= 11 is 1.36. The van der Waals surface area contributed by atoms with Crippen molar-refractivity contribution in [3.63, 3.8) is 0 Å². The van der Waals surface area contributed by atoms with Gasteiger partial charge in [0.15, 0.2) is 0 Å². The second kappa shape index (κ2) is 12.8. The van der Waals surface area contributed by atoms with Gasteiger partial charge in [0.1, 0.15) is 5.69 Å². The van der Waals surface area contributed by atoms with Crippen LogP contribution in [0.4, 0.5) is 10.5 Å². The molecule has 2 aromatic heterocycles. The monoisotopic (exact) mass is 485 g/mol. The summed E-state index contributed by atoms with van der Waals surface area (Å²) in [4.78, 5) is 37.4. The van der Waals surface area contributed by atoms with Crippen molar-refractivity contribution in [1.82, 2.24) is 9.88 Å². The van der Waals surface area contributed by atoms with Crippen LogP contribution >= 0.6 is 11.3 Å². The number of aliphatic carboxylic acids is 1. The number of pyridine rings is 1. The van der Waals surface area contributed by atoms with Crippen LogP contribution in [0, 0.1) is 13.8 Å². The minimum absolute atomic E-state index is 0. The molecule has 2 heterocycles. The number of carbonyl (C=O) groups excluding carboxylic acids is 2. The number of thiophene rings is 1. The molecule has 0 radical (unpaired) electrons. The Morgan fingerprint density at radius 3 is 2.33 bits per heavy atom. The Hall–Kier alpha value is -1.59. The fraction of sp³-hybridized carbons (Fsp3) is 0.227. The smallest absolute Gasteiger partial charge is 0.871 e. The molecule has 1 atom stereocenters. The number of nitrogens with one attached hydrogen (secondary N) is 2. The van der Waals surface area contributed by atoms with Gasteiger partial charge in [-0.15, -0.1) is 11.3 Å². The van der Waals surface area contributed by atoms with Gasteiger partial charge in [-0.1, -0.05) is 30.0 Å². The average molecular weight is 485 g/mol. The first-order chi connectivity index (χ1) is 14.7. The third-order valence-corrected chi connectivity index (χ3v) is 6.06. The first kappa shape index (κ1) is 29.4. The molecule has 0 fully saturated rings. The molecule has 33 heavy (non-hydrogen) atoms. The third-order valence-electron chi connectivity index (χ3n) is 4.84. The summed E-state index contributed by atoms with van der Waals surface area (Å²) in [6, 6.07) is 8.99. The van der Waals surface area contributed by atoms with Crippen LogP contribution in [-0.4, -0.2) is 16.6 Å². The van der Waals surface area contributed by atoms with Crippen molar-refractivity contribution in [3.8, 4) is 16.2 Å². The largest absolute Gasteiger partial charge is 1.00 e.